The fourth-order valence-corrected chi connectivity index (χ4v) is 2.65. The number of hydrogen-bond acceptors (Lipinski definition) is 7. The van der Waals surface area contributed by atoms with Crippen molar-refractivity contribution in [1.82, 2.24) is 24.8 Å². The maximum absolute atomic E-state index is 5.83. The minimum absolute atomic E-state index is 0.124. The van der Waals surface area contributed by atoms with Gasteiger partial charge in [0.1, 0.15) is 0 Å². The first kappa shape index (κ1) is 16.1. The molecule has 0 N–H and O–H groups in total. The molecular formula is C15H23N5O3. The lowest BCUT2D eigenvalue weighted by Gasteiger charge is -2.31. The van der Waals surface area contributed by atoms with Crippen molar-refractivity contribution in [3.8, 4) is 0 Å². The van der Waals surface area contributed by atoms with E-state index in [4.69, 9.17) is 14.0 Å². The molecular weight excluding hydrogens is 298 g/mol. The van der Waals surface area contributed by atoms with Crippen LogP contribution in [-0.4, -0.2) is 64.3 Å². The van der Waals surface area contributed by atoms with Crippen molar-refractivity contribution in [2.24, 2.45) is 0 Å². The van der Waals surface area contributed by atoms with Gasteiger partial charge in [0.25, 0.3) is 0 Å². The number of rotatable bonds is 7. The molecule has 3 rings (SSSR count). The summed E-state index contributed by atoms with van der Waals surface area (Å²) in [5.74, 6) is 1.34. The molecule has 0 unspecified atom stereocenters. The smallest absolute Gasteiger partial charge is 0.240 e. The normalized spacial score (nSPS) is 19.3. The van der Waals surface area contributed by atoms with Crippen molar-refractivity contribution >= 4 is 0 Å². The van der Waals surface area contributed by atoms with Gasteiger partial charge in [-0.05, 0) is 12.5 Å². The second-order valence-electron chi connectivity index (χ2n) is 5.81. The molecule has 1 aliphatic heterocycles. The molecule has 2 aromatic rings. The second kappa shape index (κ2) is 7.67. The Kier molecular flexibility index (Phi) is 5.37. The first-order valence-corrected chi connectivity index (χ1v) is 7.86. The summed E-state index contributed by atoms with van der Waals surface area (Å²) in [4.78, 5) is 6.67. The number of aromatic nitrogens is 4. The van der Waals surface area contributed by atoms with Crippen LogP contribution in [0.4, 0.5) is 0 Å². The fraction of sp³-hybridized carbons (Fsp3) is 0.667. The Morgan fingerprint density at radius 2 is 2.35 bits per heavy atom. The number of hydrogen-bond donors (Lipinski definition) is 0. The second-order valence-corrected chi connectivity index (χ2v) is 5.81. The van der Waals surface area contributed by atoms with Crippen LogP contribution in [0.1, 0.15) is 17.3 Å². The number of aryl methyl sites for hydroxylation is 1. The third-order valence-corrected chi connectivity index (χ3v) is 3.77. The van der Waals surface area contributed by atoms with Crippen molar-refractivity contribution in [2.75, 3.05) is 33.4 Å². The van der Waals surface area contributed by atoms with Gasteiger partial charge in [-0.2, -0.15) is 10.1 Å². The standard InChI is InChI=1S/C15H23N5O3/c1-12-7-16-20(8-12)10-13-9-19(4-6-22-13)11-15-17-14(18-23-15)3-5-21-2/h7-8,13H,3-6,9-11H2,1-2H3/t13-/m0/s1. The van der Waals surface area contributed by atoms with Crippen LogP contribution in [0.3, 0.4) is 0 Å². The Morgan fingerprint density at radius 1 is 1.43 bits per heavy atom. The highest BCUT2D eigenvalue weighted by Gasteiger charge is 2.23. The zero-order chi connectivity index (χ0) is 16.1. The minimum Gasteiger partial charge on any atom is -0.384 e. The molecule has 23 heavy (non-hydrogen) atoms. The van der Waals surface area contributed by atoms with Gasteiger partial charge >= 0.3 is 0 Å². The summed E-state index contributed by atoms with van der Waals surface area (Å²) in [6.45, 7) is 6.44. The van der Waals surface area contributed by atoms with E-state index in [-0.39, 0.29) is 6.10 Å². The fourth-order valence-electron chi connectivity index (χ4n) is 2.65. The van der Waals surface area contributed by atoms with Gasteiger partial charge < -0.3 is 14.0 Å². The van der Waals surface area contributed by atoms with Crippen molar-refractivity contribution < 1.29 is 14.0 Å². The number of nitrogens with zero attached hydrogens (tertiary/aromatic N) is 5. The highest BCUT2D eigenvalue weighted by Crippen LogP contribution is 2.11. The average Bonchev–Trinajstić information content (AvgIpc) is 3.15. The van der Waals surface area contributed by atoms with Gasteiger partial charge in [-0.3, -0.25) is 9.58 Å². The van der Waals surface area contributed by atoms with E-state index in [0.29, 0.717) is 37.9 Å². The highest BCUT2D eigenvalue weighted by atomic mass is 16.5. The van der Waals surface area contributed by atoms with Gasteiger partial charge in [-0.25, -0.2) is 0 Å². The Morgan fingerprint density at radius 3 is 3.13 bits per heavy atom. The summed E-state index contributed by atoms with van der Waals surface area (Å²) in [6.07, 6.45) is 4.69. The zero-order valence-electron chi connectivity index (χ0n) is 13.6. The van der Waals surface area contributed by atoms with Crippen molar-refractivity contribution in [3.05, 3.63) is 29.7 Å². The van der Waals surface area contributed by atoms with E-state index in [1.54, 1.807) is 7.11 Å². The summed E-state index contributed by atoms with van der Waals surface area (Å²) in [6, 6.07) is 0. The van der Waals surface area contributed by atoms with E-state index in [1.165, 1.54) is 0 Å². The van der Waals surface area contributed by atoms with Crippen LogP contribution in [0, 0.1) is 6.92 Å². The highest BCUT2D eigenvalue weighted by molar-refractivity contribution is 4.99. The molecule has 3 heterocycles. The zero-order valence-corrected chi connectivity index (χ0v) is 13.6. The molecule has 1 saturated heterocycles. The maximum Gasteiger partial charge on any atom is 0.240 e. The predicted octanol–water partition coefficient (Wildman–Crippen LogP) is 0.664. The number of methoxy groups -OCH3 is 1. The molecule has 0 spiro atoms. The van der Waals surface area contributed by atoms with Gasteiger partial charge in [0, 0.05) is 32.8 Å². The quantitative estimate of drug-likeness (QED) is 0.741. The Hall–Kier alpha value is -1.77. The van der Waals surface area contributed by atoms with Gasteiger partial charge in [0.15, 0.2) is 5.82 Å². The van der Waals surface area contributed by atoms with Crippen LogP contribution in [0.2, 0.25) is 0 Å². The summed E-state index contributed by atoms with van der Waals surface area (Å²) in [5, 5.41) is 8.29. The van der Waals surface area contributed by atoms with Crippen LogP contribution in [0.15, 0.2) is 16.9 Å². The molecule has 0 aliphatic carbocycles. The van der Waals surface area contributed by atoms with Crippen LogP contribution in [0.25, 0.3) is 0 Å². The average molecular weight is 321 g/mol. The Balaban J connectivity index is 1.51. The molecule has 8 heteroatoms. The molecule has 2 aromatic heterocycles. The lowest BCUT2D eigenvalue weighted by atomic mass is 10.2. The minimum atomic E-state index is 0.124. The molecule has 1 aliphatic rings. The van der Waals surface area contributed by atoms with Crippen molar-refractivity contribution in [1.29, 1.82) is 0 Å². The van der Waals surface area contributed by atoms with Crippen LogP contribution in [0.5, 0.6) is 0 Å². The van der Waals surface area contributed by atoms with Gasteiger partial charge in [-0.1, -0.05) is 5.16 Å². The van der Waals surface area contributed by atoms with E-state index in [1.807, 2.05) is 24.0 Å². The third kappa shape index (κ3) is 4.60. The van der Waals surface area contributed by atoms with E-state index in [0.717, 1.165) is 25.2 Å². The molecule has 126 valence electrons. The van der Waals surface area contributed by atoms with Gasteiger partial charge in [0.05, 0.1) is 38.6 Å². The van der Waals surface area contributed by atoms with Crippen LogP contribution < -0.4 is 0 Å². The molecule has 0 radical (unpaired) electrons. The molecule has 0 aromatic carbocycles. The van der Waals surface area contributed by atoms with E-state index in [9.17, 15) is 0 Å². The van der Waals surface area contributed by atoms with E-state index >= 15 is 0 Å². The first-order valence-electron chi connectivity index (χ1n) is 7.86. The lowest BCUT2D eigenvalue weighted by molar-refractivity contribution is -0.0426. The van der Waals surface area contributed by atoms with E-state index in [2.05, 4.69) is 20.1 Å². The topological polar surface area (TPSA) is 78.4 Å². The van der Waals surface area contributed by atoms with Crippen molar-refractivity contribution in [3.63, 3.8) is 0 Å². The van der Waals surface area contributed by atoms with Crippen LogP contribution in [-0.2, 0) is 29.0 Å². The summed E-state index contributed by atoms with van der Waals surface area (Å²) in [7, 11) is 1.66. The number of ether oxygens (including phenoxy) is 2. The van der Waals surface area contributed by atoms with Crippen LogP contribution >= 0.6 is 0 Å². The predicted molar refractivity (Wildman–Crippen MR) is 81.9 cm³/mol. The Labute approximate surface area is 135 Å². The summed E-state index contributed by atoms with van der Waals surface area (Å²) < 4.78 is 18.1. The molecule has 0 bridgehead atoms. The summed E-state index contributed by atoms with van der Waals surface area (Å²) in [5.41, 5.74) is 1.16. The van der Waals surface area contributed by atoms with E-state index < -0.39 is 0 Å². The SMILES string of the molecule is COCCc1noc(CN2CCO[C@H](Cn3cc(C)cn3)C2)n1. The van der Waals surface area contributed by atoms with Gasteiger partial charge in [-0.15, -0.1) is 0 Å². The molecule has 1 fully saturated rings. The largest absolute Gasteiger partial charge is 0.384 e. The molecule has 8 nitrogen and oxygen atoms in total. The first-order chi connectivity index (χ1) is 11.2. The summed E-state index contributed by atoms with van der Waals surface area (Å²) >= 11 is 0. The number of morpholine rings is 1. The monoisotopic (exact) mass is 321 g/mol. The maximum atomic E-state index is 5.83. The lowest BCUT2D eigenvalue weighted by Crippen LogP contribution is -2.43. The molecule has 0 saturated carbocycles. The molecule has 0 amide bonds. The van der Waals surface area contributed by atoms with Crippen molar-refractivity contribution in [2.45, 2.75) is 32.5 Å². The Bertz CT molecular complexity index is 612. The third-order valence-electron chi connectivity index (χ3n) is 3.77. The van der Waals surface area contributed by atoms with Gasteiger partial charge in [0.2, 0.25) is 5.89 Å². The molecule has 1 atom stereocenters.